The van der Waals surface area contributed by atoms with Crippen LogP contribution in [0.25, 0.3) is 0 Å². The zero-order valence-electron chi connectivity index (χ0n) is 15.5. The third kappa shape index (κ3) is 5.44. The van der Waals surface area contributed by atoms with Crippen molar-refractivity contribution < 1.29 is 17.6 Å². The van der Waals surface area contributed by atoms with Crippen LogP contribution < -0.4 is 15.4 Å². The molecule has 2 aromatic rings. The summed E-state index contributed by atoms with van der Waals surface area (Å²) >= 11 is 0. The predicted octanol–water partition coefficient (Wildman–Crippen LogP) is 3.75. The van der Waals surface area contributed by atoms with E-state index in [-0.39, 0.29) is 23.8 Å². The van der Waals surface area contributed by atoms with Crippen LogP contribution in [0.3, 0.4) is 0 Å². The van der Waals surface area contributed by atoms with E-state index in [0.29, 0.717) is 12.0 Å². The Bertz CT molecular complexity index is 988. The first kappa shape index (κ1) is 21.2. The van der Waals surface area contributed by atoms with Crippen LogP contribution in [0.15, 0.2) is 47.4 Å². The van der Waals surface area contributed by atoms with Gasteiger partial charge < -0.3 is 10.6 Å². The minimum absolute atomic E-state index is 0.146. The largest absolute Gasteiger partial charge is 0.334 e. The zero-order valence-corrected chi connectivity index (χ0v) is 16.3. The van der Waals surface area contributed by atoms with Gasteiger partial charge >= 0.3 is 6.03 Å². The number of amides is 2. The number of hydrogen-bond acceptors (Lipinski definition) is 4. The Balaban J connectivity index is 2.26. The third-order valence-corrected chi connectivity index (χ3v) is 5.40. The van der Waals surface area contributed by atoms with E-state index < -0.39 is 26.8 Å². The standard InChI is InChI=1S/C19H21FN4O3S/c1-3-14(9-10-21)22-19(25)23-17-12-18(16(20)11-13(17)2)28(26,27)24-15-7-5-4-6-8-15/h4-8,11-12,14,24H,3,9H2,1-2H3,(H2,22,23,25). The average molecular weight is 404 g/mol. The van der Waals surface area contributed by atoms with E-state index in [1.54, 1.807) is 25.1 Å². The lowest BCUT2D eigenvalue weighted by atomic mass is 10.1. The molecule has 2 rings (SSSR count). The van der Waals surface area contributed by atoms with Crippen molar-refractivity contribution in [1.29, 1.82) is 5.26 Å². The molecule has 0 aromatic heterocycles. The lowest BCUT2D eigenvalue weighted by molar-refractivity contribution is 0.248. The minimum Gasteiger partial charge on any atom is -0.334 e. The van der Waals surface area contributed by atoms with Crippen molar-refractivity contribution >= 4 is 27.4 Å². The molecule has 0 saturated heterocycles. The molecule has 1 unspecified atom stereocenters. The Morgan fingerprint density at radius 1 is 1.25 bits per heavy atom. The molecule has 1 atom stereocenters. The summed E-state index contributed by atoms with van der Waals surface area (Å²) in [5.74, 6) is -0.928. The van der Waals surface area contributed by atoms with Crippen molar-refractivity contribution in [3.8, 4) is 6.07 Å². The number of rotatable bonds is 7. The first-order valence-corrected chi connectivity index (χ1v) is 10.1. The summed E-state index contributed by atoms with van der Waals surface area (Å²) < 4.78 is 41.8. The van der Waals surface area contributed by atoms with Crippen LogP contribution in [0, 0.1) is 24.1 Å². The van der Waals surface area contributed by atoms with Gasteiger partial charge in [0.1, 0.15) is 10.7 Å². The maximum Gasteiger partial charge on any atom is 0.319 e. The lowest BCUT2D eigenvalue weighted by Crippen LogP contribution is -2.37. The second-order valence-corrected chi connectivity index (χ2v) is 7.79. The van der Waals surface area contributed by atoms with E-state index in [1.807, 2.05) is 13.0 Å². The highest BCUT2D eigenvalue weighted by molar-refractivity contribution is 7.92. The van der Waals surface area contributed by atoms with Crippen LogP contribution in [0.5, 0.6) is 0 Å². The Morgan fingerprint density at radius 3 is 2.54 bits per heavy atom. The fourth-order valence-electron chi connectivity index (χ4n) is 2.46. The van der Waals surface area contributed by atoms with Crippen LogP contribution >= 0.6 is 0 Å². The number of halogens is 1. The third-order valence-electron chi connectivity index (χ3n) is 4.01. The summed E-state index contributed by atoms with van der Waals surface area (Å²) in [6.07, 6.45) is 0.705. The summed E-state index contributed by atoms with van der Waals surface area (Å²) in [7, 11) is -4.20. The number of carbonyl (C=O) groups excluding carboxylic acids is 1. The van der Waals surface area contributed by atoms with Gasteiger partial charge in [0.2, 0.25) is 0 Å². The summed E-state index contributed by atoms with van der Waals surface area (Å²) in [5.41, 5.74) is 0.802. The van der Waals surface area contributed by atoms with Crippen LogP contribution in [0.4, 0.5) is 20.6 Å². The van der Waals surface area contributed by atoms with E-state index in [9.17, 15) is 17.6 Å². The fraction of sp³-hybridized carbons (Fsp3) is 0.263. The number of nitrogens with zero attached hydrogens (tertiary/aromatic N) is 1. The lowest BCUT2D eigenvalue weighted by Gasteiger charge is -2.16. The van der Waals surface area contributed by atoms with E-state index in [0.717, 1.165) is 12.1 Å². The number of sulfonamides is 1. The molecule has 2 aromatic carbocycles. The van der Waals surface area contributed by atoms with Gasteiger partial charge in [0.25, 0.3) is 10.0 Å². The molecular formula is C19H21FN4O3S. The first-order chi connectivity index (χ1) is 13.3. The Hall–Kier alpha value is -3.12. The molecule has 0 bridgehead atoms. The molecule has 7 nitrogen and oxygen atoms in total. The molecule has 0 aliphatic rings. The Labute approximate surface area is 163 Å². The topological polar surface area (TPSA) is 111 Å². The van der Waals surface area contributed by atoms with Crippen molar-refractivity contribution in [2.24, 2.45) is 0 Å². The molecule has 0 saturated carbocycles. The average Bonchev–Trinajstić information content (AvgIpc) is 2.63. The maximum absolute atomic E-state index is 14.3. The maximum atomic E-state index is 14.3. The molecule has 0 fully saturated rings. The fourth-order valence-corrected chi connectivity index (χ4v) is 3.61. The number of carbonyl (C=O) groups is 1. The highest BCUT2D eigenvalue weighted by Crippen LogP contribution is 2.25. The molecular weight excluding hydrogens is 383 g/mol. The van der Waals surface area contributed by atoms with Gasteiger partial charge in [-0.3, -0.25) is 4.72 Å². The number of urea groups is 1. The van der Waals surface area contributed by atoms with E-state index >= 15 is 0 Å². The number of nitriles is 1. The molecule has 2 amide bonds. The molecule has 148 valence electrons. The molecule has 3 N–H and O–H groups in total. The predicted molar refractivity (Wildman–Crippen MR) is 105 cm³/mol. The van der Waals surface area contributed by atoms with Crippen molar-refractivity contribution in [1.82, 2.24) is 5.32 Å². The van der Waals surface area contributed by atoms with Gasteiger partial charge in [-0.15, -0.1) is 0 Å². The molecule has 0 radical (unpaired) electrons. The van der Waals surface area contributed by atoms with E-state index in [1.165, 1.54) is 12.1 Å². The number of anilines is 2. The monoisotopic (exact) mass is 404 g/mol. The summed E-state index contributed by atoms with van der Waals surface area (Å²) in [5, 5.41) is 13.9. The van der Waals surface area contributed by atoms with Crippen molar-refractivity contribution in [3.63, 3.8) is 0 Å². The van der Waals surface area contributed by atoms with E-state index in [4.69, 9.17) is 5.26 Å². The molecule has 0 spiro atoms. The smallest absolute Gasteiger partial charge is 0.319 e. The van der Waals surface area contributed by atoms with Crippen LogP contribution in [-0.4, -0.2) is 20.5 Å². The van der Waals surface area contributed by atoms with Crippen molar-refractivity contribution in [3.05, 3.63) is 53.8 Å². The first-order valence-electron chi connectivity index (χ1n) is 8.59. The molecule has 28 heavy (non-hydrogen) atoms. The number of hydrogen-bond donors (Lipinski definition) is 3. The molecule has 9 heteroatoms. The van der Waals surface area contributed by atoms with E-state index in [2.05, 4.69) is 15.4 Å². The number of benzene rings is 2. The van der Waals surface area contributed by atoms with Crippen molar-refractivity contribution in [2.75, 3.05) is 10.0 Å². The number of nitrogens with one attached hydrogen (secondary N) is 3. The zero-order chi connectivity index (χ0) is 20.7. The summed E-state index contributed by atoms with van der Waals surface area (Å²) in [4.78, 5) is 11.6. The number of para-hydroxylation sites is 1. The van der Waals surface area contributed by atoms with Gasteiger partial charge in [-0.05, 0) is 43.2 Å². The normalized spacial score (nSPS) is 11.9. The quantitative estimate of drug-likeness (QED) is 0.652. The molecule has 0 heterocycles. The van der Waals surface area contributed by atoms with Crippen LogP contribution in [0.2, 0.25) is 0 Å². The Kier molecular flexibility index (Phi) is 6.95. The SMILES string of the molecule is CCC(CC#N)NC(=O)Nc1cc(S(=O)(=O)Nc2ccccc2)c(F)cc1C. The van der Waals surface area contributed by atoms with Gasteiger partial charge in [-0.25, -0.2) is 17.6 Å². The summed E-state index contributed by atoms with van der Waals surface area (Å²) in [6, 6.07) is 11.2. The van der Waals surface area contributed by atoms with Crippen LogP contribution in [0.1, 0.15) is 25.3 Å². The van der Waals surface area contributed by atoms with Gasteiger partial charge in [-0.1, -0.05) is 25.1 Å². The Morgan fingerprint density at radius 2 is 1.93 bits per heavy atom. The highest BCUT2D eigenvalue weighted by Gasteiger charge is 2.22. The van der Waals surface area contributed by atoms with Crippen LogP contribution in [-0.2, 0) is 10.0 Å². The van der Waals surface area contributed by atoms with Gasteiger partial charge in [0, 0.05) is 17.4 Å². The minimum atomic E-state index is -4.20. The summed E-state index contributed by atoms with van der Waals surface area (Å²) in [6.45, 7) is 3.37. The van der Waals surface area contributed by atoms with Gasteiger partial charge in [-0.2, -0.15) is 5.26 Å². The molecule has 0 aliphatic carbocycles. The second kappa shape index (κ2) is 9.19. The second-order valence-electron chi connectivity index (χ2n) is 6.13. The highest BCUT2D eigenvalue weighted by atomic mass is 32.2. The number of aryl methyl sites for hydroxylation is 1. The van der Waals surface area contributed by atoms with Crippen molar-refractivity contribution in [2.45, 2.75) is 37.6 Å². The van der Waals surface area contributed by atoms with Gasteiger partial charge in [0.05, 0.1) is 12.5 Å². The molecule has 0 aliphatic heterocycles. The van der Waals surface area contributed by atoms with Gasteiger partial charge in [0.15, 0.2) is 0 Å².